The molecule has 8 heteroatoms. The average molecular weight is 358 g/mol. The molecule has 1 saturated heterocycles. The lowest BCUT2D eigenvalue weighted by Crippen LogP contribution is -2.37. The number of phenols is 1. The summed E-state index contributed by atoms with van der Waals surface area (Å²) >= 11 is 1.87. The van der Waals surface area contributed by atoms with Crippen LogP contribution in [0.25, 0.3) is 0 Å². The summed E-state index contributed by atoms with van der Waals surface area (Å²) < 4.78 is 0. The number of anilines is 2. The van der Waals surface area contributed by atoms with Crippen LogP contribution in [0.4, 0.5) is 11.8 Å². The molecule has 25 heavy (non-hydrogen) atoms. The van der Waals surface area contributed by atoms with Crippen LogP contribution in [0.1, 0.15) is 23.5 Å². The van der Waals surface area contributed by atoms with Gasteiger partial charge in [0, 0.05) is 42.5 Å². The molecule has 1 fully saturated rings. The summed E-state index contributed by atoms with van der Waals surface area (Å²) in [5.41, 5.74) is 0.690. The molecule has 1 aromatic heterocycles. The van der Waals surface area contributed by atoms with Gasteiger partial charge in [-0.25, -0.2) is 0 Å². The minimum absolute atomic E-state index is 0.0738. The third-order valence-electron chi connectivity index (χ3n) is 4.56. The number of hydrogen-bond acceptors (Lipinski definition) is 6. The van der Waals surface area contributed by atoms with Crippen molar-refractivity contribution in [2.75, 3.05) is 34.8 Å². The molecule has 0 bridgehead atoms. The van der Waals surface area contributed by atoms with Gasteiger partial charge in [-0.05, 0) is 6.07 Å². The molecule has 3 heterocycles. The maximum atomic E-state index is 12.8. The number of carbonyl (C=O) groups excluding carboxylic acids is 1. The van der Waals surface area contributed by atoms with E-state index in [1.54, 1.807) is 24.3 Å². The fraction of sp³-hybridized carbons (Fsp3) is 0.353. The molecule has 1 aromatic carbocycles. The van der Waals surface area contributed by atoms with Gasteiger partial charge in [0.05, 0.1) is 5.56 Å². The van der Waals surface area contributed by atoms with E-state index in [1.807, 2.05) is 16.7 Å². The van der Waals surface area contributed by atoms with Gasteiger partial charge in [-0.1, -0.05) is 18.2 Å². The molecule has 1 amide bonds. The highest BCUT2D eigenvalue weighted by Crippen LogP contribution is 2.38. The first-order chi connectivity index (χ1) is 12.1. The molecular weight excluding hydrogens is 340 g/mol. The van der Waals surface area contributed by atoms with E-state index in [9.17, 15) is 14.7 Å². The lowest BCUT2D eigenvalue weighted by molar-refractivity contribution is -0.116. The molecule has 0 spiro atoms. The van der Waals surface area contributed by atoms with Crippen molar-refractivity contribution in [2.24, 2.45) is 0 Å². The van der Waals surface area contributed by atoms with Gasteiger partial charge in [0.15, 0.2) is 0 Å². The van der Waals surface area contributed by atoms with Crippen LogP contribution >= 0.6 is 11.8 Å². The number of phenolic OH excluding ortho intramolecular Hbond substituents is 1. The highest BCUT2D eigenvalue weighted by atomic mass is 32.2. The summed E-state index contributed by atoms with van der Waals surface area (Å²) in [6.45, 7) is 1.62. The predicted octanol–water partition coefficient (Wildman–Crippen LogP) is 1.50. The molecule has 1 atom stereocenters. The first kappa shape index (κ1) is 16.0. The number of aromatic nitrogens is 2. The smallest absolute Gasteiger partial charge is 0.258 e. The molecule has 2 aromatic rings. The van der Waals surface area contributed by atoms with Crippen molar-refractivity contribution < 1.29 is 9.90 Å². The Labute approximate surface area is 148 Å². The van der Waals surface area contributed by atoms with Gasteiger partial charge in [0.1, 0.15) is 11.6 Å². The van der Waals surface area contributed by atoms with Gasteiger partial charge in [0.25, 0.3) is 5.56 Å². The number of carbonyl (C=O) groups is 1. The molecule has 0 saturated carbocycles. The third kappa shape index (κ3) is 2.97. The SMILES string of the molecule is O=C1CC(c2ccccc2O)c2c(nc(N3CCSCC3)[nH]c2=O)N1. The number of para-hydroxylation sites is 1. The van der Waals surface area contributed by atoms with Gasteiger partial charge < -0.3 is 15.3 Å². The number of nitrogens with zero attached hydrogens (tertiary/aromatic N) is 2. The molecule has 2 aliphatic heterocycles. The number of amides is 1. The normalized spacial score (nSPS) is 20.1. The van der Waals surface area contributed by atoms with E-state index >= 15 is 0 Å². The van der Waals surface area contributed by atoms with Gasteiger partial charge in [-0.15, -0.1) is 0 Å². The van der Waals surface area contributed by atoms with Crippen molar-refractivity contribution in [3.05, 3.63) is 45.7 Å². The molecule has 7 nitrogen and oxygen atoms in total. The van der Waals surface area contributed by atoms with E-state index in [0.717, 1.165) is 24.6 Å². The summed E-state index contributed by atoms with van der Waals surface area (Å²) in [5.74, 6) is 2.10. The Balaban J connectivity index is 1.80. The number of aromatic hydroxyl groups is 1. The quantitative estimate of drug-likeness (QED) is 0.753. The van der Waals surface area contributed by atoms with Crippen LogP contribution in [0.2, 0.25) is 0 Å². The number of rotatable bonds is 2. The number of benzene rings is 1. The predicted molar refractivity (Wildman–Crippen MR) is 97.6 cm³/mol. The van der Waals surface area contributed by atoms with Crippen LogP contribution in [-0.4, -0.2) is 45.6 Å². The number of thioether (sulfide) groups is 1. The van der Waals surface area contributed by atoms with Gasteiger partial charge >= 0.3 is 0 Å². The number of hydrogen-bond donors (Lipinski definition) is 3. The van der Waals surface area contributed by atoms with Crippen molar-refractivity contribution in [3.63, 3.8) is 0 Å². The third-order valence-corrected chi connectivity index (χ3v) is 5.50. The highest BCUT2D eigenvalue weighted by molar-refractivity contribution is 7.99. The van der Waals surface area contributed by atoms with E-state index in [4.69, 9.17) is 0 Å². The fourth-order valence-corrected chi connectivity index (χ4v) is 4.24. The van der Waals surface area contributed by atoms with Crippen LogP contribution in [0.3, 0.4) is 0 Å². The Hall–Kier alpha value is -2.48. The zero-order chi connectivity index (χ0) is 17.4. The average Bonchev–Trinajstić information content (AvgIpc) is 2.62. The summed E-state index contributed by atoms with van der Waals surface area (Å²) in [5, 5.41) is 12.9. The van der Waals surface area contributed by atoms with Crippen molar-refractivity contribution in [1.82, 2.24) is 9.97 Å². The summed E-state index contributed by atoms with van der Waals surface area (Å²) in [6, 6.07) is 6.78. The Bertz CT molecular complexity index is 876. The largest absolute Gasteiger partial charge is 0.508 e. The van der Waals surface area contributed by atoms with E-state index in [1.165, 1.54) is 0 Å². The molecule has 1 unspecified atom stereocenters. The van der Waals surface area contributed by atoms with Crippen LogP contribution < -0.4 is 15.8 Å². The molecule has 2 aliphatic rings. The molecule has 3 N–H and O–H groups in total. The fourth-order valence-electron chi connectivity index (χ4n) is 3.33. The second-order valence-corrected chi connectivity index (χ2v) is 7.34. The van der Waals surface area contributed by atoms with E-state index in [-0.39, 0.29) is 23.6 Å². The molecule has 0 aliphatic carbocycles. The summed E-state index contributed by atoms with van der Waals surface area (Å²) in [4.78, 5) is 34.3. The second-order valence-electron chi connectivity index (χ2n) is 6.11. The number of fused-ring (bicyclic) bond motifs is 1. The van der Waals surface area contributed by atoms with E-state index in [0.29, 0.717) is 22.9 Å². The topological polar surface area (TPSA) is 98.3 Å². The van der Waals surface area contributed by atoms with Gasteiger partial charge in [0.2, 0.25) is 11.9 Å². The van der Waals surface area contributed by atoms with Crippen LogP contribution in [0.15, 0.2) is 29.1 Å². The maximum Gasteiger partial charge on any atom is 0.258 e. The Morgan fingerprint density at radius 3 is 2.72 bits per heavy atom. The van der Waals surface area contributed by atoms with Crippen molar-refractivity contribution in [1.29, 1.82) is 0 Å². The van der Waals surface area contributed by atoms with Crippen LogP contribution in [0.5, 0.6) is 5.75 Å². The number of H-pyrrole nitrogens is 1. The van der Waals surface area contributed by atoms with E-state index < -0.39 is 5.92 Å². The first-order valence-corrected chi connectivity index (χ1v) is 9.33. The van der Waals surface area contributed by atoms with Crippen LogP contribution in [0, 0.1) is 0 Å². The summed E-state index contributed by atoms with van der Waals surface area (Å²) in [6.07, 6.45) is 0.106. The zero-order valence-electron chi connectivity index (χ0n) is 13.5. The molecule has 4 rings (SSSR count). The summed E-state index contributed by atoms with van der Waals surface area (Å²) in [7, 11) is 0. The first-order valence-electron chi connectivity index (χ1n) is 8.18. The monoisotopic (exact) mass is 358 g/mol. The molecular formula is C17H18N4O3S. The van der Waals surface area contributed by atoms with Crippen LogP contribution in [-0.2, 0) is 4.79 Å². The standard InChI is InChI=1S/C17H18N4O3S/c22-12-4-2-1-3-10(12)11-9-13(23)18-15-14(11)16(24)20-17(19-15)21-5-7-25-8-6-21/h1-4,11,22H,5-9H2,(H2,18,19,20,23,24). The lowest BCUT2D eigenvalue weighted by Gasteiger charge is -2.29. The van der Waals surface area contributed by atoms with Gasteiger partial charge in [-0.2, -0.15) is 16.7 Å². The highest BCUT2D eigenvalue weighted by Gasteiger charge is 2.32. The van der Waals surface area contributed by atoms with Gasteiger partial charge in [-0.3, -0.25) is 14.6 Å². The van der Waals surface area contributed by atoms with Crippen molar-refractivity contribution in [3.8, 4) is 5.75 Å². The maximum absolute atomic E-state index is 12.8. The number of nitrogens with one attached hydrogen (secondary N) is 2. The number of aromatic amines is 1. The molecule has 130 valence electrons. The molecule has 0 radical (unpaired) electrons. The minimum atomic E-state index is -0.507. The Kier molecular flexibility index (Phi) is 4.12. The second kappa shape index (κ2) is 6.44. The van der Waals surface area contributed by atoms with E-state index in [2.05, 4.69) is 15.3 Å². The Morgan fingerprint density at radius 1 is 1.20 bits per heavy atom. The zero-order valence-corrected chi connectivity index (χ0v) is 14.3. The minimum Gasteiger partial charge on any atom is -0.508 e. The van der Waals surface area contributed by atoms with Crippen molar-refractivity contribution in [2.45, 2.75) is 12.3 Å². The van der Waals surface area contributed by atoms with Crippen molar-refractivity contribution >= 4 is 29.4 Å². The Morgan fingerprint density at radius 2 is 1.96 bits per heavy atom. The lowest BCUT2D eigenvalue weighted by atomic mass is 9.86.